The van der Waals surface area contributed by atoms with Crippen LogP contribution in [0.3, 0.4) is 0 Å². The van der Waals surface area contributed by atoms with Crippen LogP contribution in [0.25, 0.3) is 0 Å². The Kier molecular flexibility index (Phi) is 4.38. The van der Waals surface area contributed by atoms with Crippen LogP contribution in [-0.4, -0.2) is 57.3 Å². The lowest BCUT2D eigenvalue weighted by molar-refractivity contribution is 0.0798. The molecule has 0 bridgehead atoms. The zero-order chi connectivity index (χ0) is 19.1. The van der Waals surface area contributed by atoms with E-state index in [9.17, 15) is 0 Å². The third-order valence-corrected chi connectivity index (χ3v) is 6.69. The Balaban J connectivity index is 1.36. The summed E-state index contributed by atoms with van der Waals surface area (Å²) in [5.74, 6) is 1.20. The number of aryl methyl sites for hydroxylation is 1. The van der Waals surface area contributed by atoms with E-state index >= 15 is 0 Å². The van der Waals surface area contributed by atoms with Crippen molar-refractivity contribution in [3.63, 3.8) is 0 Å². The molecule has 148 valence electrons. The average molecular weight is 379 g/mol. The van der Waals surface area contributed by atoms with Gasteiger partial charge in [-0.2, -0.15) is 5.10 Å². The van der Waals surface area contributed by atoms with Crippen molar-refractivity contribution in [2.45, 2.75) is 51.9 Å². The number of hydrogen-bond donors (Lipinski definition) is 1. The van der Waals surface area contributed by atoms with Gasteiger partial charge >= 0.3 is 0 Å². The van der Waals surface area contributed by atoms with Crippen molar-refractivity contribution in [2.24, 2.45) is 4.99 Å². The van der Waals surface area contributed by atoms with Gasteiger partial charge in [0.1, 0.15) is 11.5 Å². The number of rotatable bonds is 3. The lowest BCUT2D eigenvalue weighted by Crippen LogP contribution is -2.65. The van der Waals surface area contributed by atoms with E-state index in [4.69, 9.17) is 4.99 Å². The number of aliphatic imine (C=N–C) groups is 1. The second-order valence-electron chi connectivity index (χ2n) is 8.26. The molecule has 1 N–H and O–H groups in total. The molecule has 1 fully saturated rings. The normalized spacial score (nSPS) is 21.1. The second-order valence-corrected chi connectivity index (χ2v) is 8.26. The molecule has 0 unspecified atom stereocenters. The van der Waals surface area contributed by atoms with Crippen molar-refractivity contribution >= 4 is 11.5 Å². The van der Waals surface area contributed by atoms with E-state index in [1.165, 1.54) is 28.3 Å². The summed E-state index contributed by atoms with van der Waals surface area (Å²) in [5, 5.41) is 8.44. The summed E-state index contributed by atoms with van der Waals surface area (Å²) in [7, 11) is 0. The first-order valence-electron chi connectivity index (χ1n) is 10.6. The maximum absolute atomic E-state index is 4.93. The maximum Gasteiger partial charge on any atom is 0.134 e. The van der Waals surface area contributed by atoms with Crippen LogP contribution < -0.4 is 5.32 Å². The Morgan fingerprint density at radius 3 is 2.75 bits per heavy atom. The first-order valence-corrected chi connectivity index (χ1v) is 10.6. The Morgan fingerprint density at radius 2 is 1.96 bits per heavy atom. The number of likely N-dealkylation sites (tertiary alicyclic amines) is 1. The highest BCUT2D eigenvalue weighted by Crippen LogP contribution is 2.39. The smallest absolute Gasteiger partial charge is 0.134 e. The maximum atomic E-state index is 4.93. The lowest BCUT2D eigenvalue weighted by atomic mass is 9.89. The SMILES string of the molecule is CCn1ncc(CN2CCC3(CC2)Nc2ccccc2C2=NCCCN23)c1C. The van der Waals surface area contributed by atoms with Gasteiger partial charge in [-0.3, -0.25) is 14.6 Å². The van der Waals surface area contributed by atoms with Crippen molar-refractivity contribution < 1.29 is 0 Å². The molecule has 0 saturated carbocycles. The van der Waals surface area contributed by atoms with Crippen LogP contribution >= 0.6 is 0 Å². The van der Waals surface area contributed by atoms with Crippen LogP contribution in [0.5, 0.6) is 0 Å². The minimum absolute atomic E-state index is 0.00670. The molecule has 6 heteroatoms. The van der Waals surface area contributed by atoms with Gasteiger partial charge in [0.2, 0.25) is 0 Å². The molecule has 1 spiro atoms. The molecule has 0 atom stereocenters. The summed E-state index contributed by atoms with van der Waals surface area (Å²) in [6.45, 7) is 10.5. The molecule has 0 radical (unpaired) electrons. The Morgan fingerprint density at radius 1 is 1.14 bits per heavy atom. The molecular formula is C22H30N6. The van der Waals surface area contributed by atoms with E-state index in [1.54, 1.807) is 0 Å². The predicted octanol–water partition coefficient (Wildman–Crippen LogP) is 3.08. The van der Waals surface area contributed by atoms with Crippen LogP contribution in [-0.2, 0) is 13.1 Å². The summed E-state index contributed by atoms with van der Waals surface area (Å²) in [4.78, 5) is 10.1. The fourth-order valence-electron chi connectivity index (χ4n) is 5.03. The van der Waals surface area contributed by atoms with Crippen molar-refractivity contribution in [1.29, 1.82) is 0 Å². The number of hydrogen-bond acceptors (Lipinski definition) is 5. The van der Waals surface area contributed by atoms with Crippen molar-refractivity contribution in [3.8, 4) is 0 Å². The average Bonchev–Trinajstić information content (AvgIpc) is 3.09. The molecule has 28 heavy (non-hydrogen) atoms. The molecule has 2 aromatic rings. The Hall–Kier alpha value is -2.34. The first kappa shape index (κ1) is 17.7. The molecule has 0 amide bonds. The van der Waals surface area contributed by atoms with Gasteiger partial charge in [0.25, 0.3) is 0 Å². The molecule has 6 nitrogen and oxygen atoms in total. The summed E-state index contributed by atoms with van der Waals surface area (Å²) >= 11 is 0. The number of piperidine rings is 1. The summed E-state index contributed by atoms with van der Waals surface area (Å²) < 4.78 is 2.09. The van der Waals surface area contributed by atoms with Gasteiger partial charge in [-0.1, -0.05) is 12.1 Å². The van der Waals surface area contributed by atoms with Crippen LogP contribution in [0.1, 0.15) is 43.0 Å². The van der Waals surface area contributed by atoms with Crippen LogP contribution in [0.4, 0.5) is 5.69 Å². The van der Waals surface area contributed by atoms with E-state index in [0.29, 0.717) is 0 Å². The van der Waals surface area contributed by atoms with E-state index in [1.807, 2.05) is 6.20 Å². The molecular weight excluding hydrogens is 348 g/mol. The number of nitrogens with zero attached hydrogens (tertiary/aromatic N) is 5. The van der Waals surface area contributed by atoms with Gasteiger partial charge in [-0.25, -0.2) is 0 Å². The second kappa shape index (κ2) is 6.92. The Labute approximate surface area is 167 Å². The summed E-state index contributed by atoms with van der Waals surface area (Å²) in [5.41, 5.74) is 5.18. The molecule has 3 aliphatic heterocycles. The number of nitrogens with one attached hydrogen (secondary N) is 1. The molecule has 0 aliphatic carbocycles. The molecule has 5 rings (SSSR count). The predicted molar refractivity (Wildman–Crippen MR) is 113 cm³/mol. The van der Waals surface area contributed by atoms with Crippen molar-refractivity contribution in [1.82, 2.24) is 19.6 Å². The first-order chi connectivity index (χ1) is 13.7. The quantitative estimate of drug-likeness (QED) is 0.892. The van der Waals surface area contributed by atoms with Crippen LogP contribution in [0, 0.1) is 6.92 Å². The van der Waals surface area contributed by atoms with Crippen molar-refractivity contribution in [3.05, 3.63) is 47.3 Å². The van der Waals surface area contributed by atoms with E-state index < -0.39 is 0 Å². The molecule has 4 heterocycles. The molecule has 3 aliphatic rings. The van der Waals surface area contributed by atoms with E-state index in [2.05, 4.69) is 63.0 Å². The van der Waals surface area contributed by atoms with E-state index in [-0.39, 0.29) is 5.66 Å². The van der Waals surface area contributed by atoms with E-state index in [0.717, 1.165) is 58.5 Å². The van der Waals surface area contributed by atoms with Gasteiger partial charge < -0.3 is 10.2 Å². The monoisotopic (exact) mass is 378 g/mol. The van der Waals surface area contributed by atoms with Gasteiger partial charge in [-0.15, -0.1) is 0 Å². The van der Waals surface area contributed by atoms with Gasteiger partial charge in [-0.05, 0) is 32.4 Å². The number of amidine groups is 1. The molecule has 1 aromatic carbocycles. The number of fused-ring (bicyclic) bond motifs is 4. The Bertz CT molecular complexity index is 890. The summed E-state index contributed by atoms with van der Waals surface area (Å²) in [6, 6.07) is 8.66. The van der Waals surface area contributed by atoms with Gasteiger partial charge in [0.05, 0.1) is 6.20 Å². The highest BCUT2D eigenvalue weighted by atomic mass is 15.4. The molecule has 1 saturated heterocycles. The fraction of sp³-hybridized carbons (Fsp3) is 0.545. The number of benzene rings is 1. The zero-order valence-corrected chi connectivity index (χ0v) is 17.0. The third kappa shape index (κ3) is 2.82. The highest BCUT2D eigenvalue weighted by molar-refractivity contribution is 6.06. The fourth-order valence-corrected chi connectivity index (χ4v) is 5.03. The van der Waals surface area contributed by atoms with Crippen molar-refractivity contribution in [2.75, 3.05) is 31.5 Å². The lowest BCUT2D eigenvalue weighted by Gasteiger charge is -2.54. The van der Waals surface area contributed by atoms with Crippen LogP contribution in [0.15, 0.2) is 35.5 Å². The third-order valence-electron chi connectivity index (χ3n) is 6.69. The number of para-hydroxylation sites is 1. The van der Waals surface area contributed by atoms with Gasteiger partial charge in [0.15, 0.2) is 0 Å². The summed E-state index contributed by atoms with van der Waals surface area (Å²) in [6.07, 6.45) is 5.42. The topological polar surface area (TPSA) is 48.7 Å². The minimum atomic E-state index is 0.00670. The van der Waals surface area contributed by atoms with Crippen LogP contribution in [0.2, 0.25) is 0 Å². The largest absolute Gasteiger partial charge is 0.362 e. The highest BCUT2D eigenvalue weighted by Gasteiger charge is 2.45. The zero-order valence-electron chi connectivity index (χ0n) is 17.0. The molecule has 1 aromatic heterocycles. The minimum Gasteiger partial charge on any atom is -0.362 e. The standard InChI is InChI=1S/C22H30N6/c1-3-28-17(2)18(15-24-28)16-26-13-9-22(10-14-26)25-20-8-5-4-7-19(20)21-23-11-6-12-27(21)22/h4-5,7-8,15,25H,3,6,9-14,16H2,1-2H3. The van der Waals surface area contributed by atoms with Gasteiger partial charge in [0, 0.05) is 74.6 Å². The number of anilines is 1. The number of aromatic nitrogens is 2.